The zero-order chi connectivity index (χ0) is 13.8. The molecule has 0 saturated carbocycles. The van der Waals surface area contributed by atoms with Gasteiger partial charge in [-0.3, -0.25) is 10.1 Å². The lowest BCUT2D eigenvalue weighted by molar-refractivity contribution is -0.383. The van der Waals surface area contributed by atoms with Crippen molar-refractivity contribution in [1.82, 2.24) is 15.1 Å². The molecule has 2 heterocycles. The predicted octanol–water partition coefficient (Wildman–Crippen LogP) is 0.579. The highest BCUT2D eigenvalue weighted by Crippen LogP contribution is 2.28. The lowest BCUT2D eigenvalue weighted by Crippen LogP contribution is -2.13. The van der Waals surface area contributed by atoms with E-state index in [0.717, 1.165) is 0 Å². The molecule has 0 radical (unpaired) electrons. The van der Waals surface area contributed by atoms with Crippen molar-refractivity contribution in [1.29, 1.82) is 0 Å². The smallest absolute Gasteiger partial charge is 0.354 e. The van der Waals surface area contributed by atoms with Crippen molar-refractivity contribution in [2.24, 2.45) is 5.84 Å². The number of aromatic nitrogens is 3. The third kappa shape index (κ3) is 2.74. The normalized spacial score (nSPS) is 10.2. The molecule has 2 aromatic heterocycles. The molecule has 0 unspecified atom stereocenters. The first-order valence-corrected chi connectivity index (χ1v) is 5.24. The molecule has 19 heavy (non-hydrogen) atoms. The Hall–Kier alpha value is -2.75. The van der Waals surface area contributed by atoms with Gasteiger partial charge in [0.05, 0.1) is 11.5 Å². The minimum absolute atomic E-state index is 0.0496. The fraction of sp³-hybridized carbons (Fsp3) is 0.222. The molecule has 4 N–H and O–H groups in total. The Bertz CT molecular complexity index is 597. The number of nitrogens with two attached hydrogens (primary N) is 1. The van der Waals surface area contributed by atoms with E-state index in [1.807, 2.05) is 0 Å². The second-order valence-electron chi connectivity index (χ2n) is 3.60. The van der Waals surface area contributed by atoms with Crippen LogP contribution < -0.4 is 16.6 Å². The molecule has 0 aliphatic heterocycles. The highest BCUT2D eigenvalue weighted by molar-refractivity contribution is 5.68. The van der Waals surface area contributed by atoms with E-state index in [9.17, 15) is 10.1 Å². The van der Waals surface area contributed by atoms with Crippen LogP contribution in [0.15, 0.2) is 16.9 Å². The molecule has 2 aromatic rings. The zero-order valence-electron chi connectivity index (χ0n) is 9.95. The van der Waals surface area contributed by atoms with Crippen LogP contribution in [0.1, 0.15) is 11.5 Å². The number of rotatable bonds is 5. The van der Waals surface area contributed by atoms with Gasteiger partial charge in [-0.15, -0.1) is 0 Å². The highest BCUT2D eigenvalue weighted by atomic mass is 16.6. The summed E-state index contributed by atoms with van der Waals surface area (Å²) in [5, 5.41) is 17.5. The SMILES string of the molecule is Cc1cc(CNc2ncnc(NN)c2[N+](=O)[O-])no1. The van der Waals surface area contributed by atoms with Gasteiger partial charge in [-0.1, -0.05) is 5.16 Å². The lowest BCUT2D eigenvalue weighted by Gasteiger charge is -2.06. The number of nitrogens with one attached hydrogen (secondary N) is 2. The van der Waals surface area contributed by atoms with Crippen LogP contribution in [0.25, 0.3) is 0 Å². The maximum absolute atomic E-state index is 11.0. The van der Waals surface area contributed by atoms with Crippen molar-refractivity contribution in [2.75, 3.05) is 10.7 Å². The molecule has 100 valence electrons. The fourth-order valence-electron chi connectivity index (χ4n) is 1.46. The summed E-state index contributed by atoms with van der Waals surface area (Å²) >= 11 is 0. The molecule has 0 aromatic carbocycles. The van der Waals surface area contributed by atoms with Crippen molar-refractivity contribution in [3.05, 3.63) is 34.0 Å². The van der Waals surface area contributed by atoms with Crippen LogP contribution in [0.2, 0.25) is 0 Å². The minimum atomic E-state index is -0.619. The van der Waals surface area contributed by atoms with Crippen LogP contribution in [-0.2, 0) is 6.54 Å². The second-order valence-corrected chi connectivity index (χ2v) is 3.60. The Morgan fingerprint density at radius 3 is 2.79 bits per heavy atom. The molecule has 10 heteroatoms. The first-order chi connectivity index (χ1) is 9.11. The van der Waals surface area contributed by atoms with Crippen molar-refractivity contribution < 1.29 is 9.45 Å². The highest BCUT2D eigenvalue weighted by Gasteiger charge is 2.22. The van der Waals surface area contributed by atoms with Gasteiger partial charge in [-0.05, 0) is 6.92 Å². The van der Waals surface area contributed by atoms with Gasteiger partial charge < -0.3 is 15.3 Å². The van der Waals surface area contributed by atoms with Crippen molar-refractivity contribution in [3.63, 3.8) is 0 Å². The van der Waals surface area contributed by atoms with Crippen molar-refractivity contribution in [2.45, 2.75) is 13.5 Å². The van der Waals surface area contributed by atoms with Crippen LogP contribution in [-0.4, -0.2) is 20.0 Å². The Morgan fingerprint density at radius 1 is 1.47 bits per heavy atom. The zero-order valence-corrected chi connectivity index (χ0v) is 9.95. The maximum atomic E-state index is 11.0. The molecule has 0 amide bonds. The van der Waals surface area contributed by atoms with Gasteiger partial charge in [0, 0.05) is 6.07 Å². The summed E-state index contributed by atoms with van der Waals surface area (Å²) in [5.41, 5.74) is 2.43. The first-order valence-electron chi connectivity index (χ1n) is 5.24. The summed E-state index contributed by atoms with van der Waals surface area (Å²) < 4.78 is 4.89. The third-order valence-electron chi connectivity index (χ3n) is 2.26. The van der Waals surface area contributed by atoms with E-state index in [1.165, 1.54) is 6.33 Å². The fourth-order valence-corrected chi connectivity index (χ4v) is 1.46. The van der Waals surface area contributed by atoms with Gasteiger partial charge in [-0.25, -0.2) is 15.8 Å². The number of hydrogen-bond acceptors (Lipinski definition) is 9. The average molecular weight is 265 g/mol. The monoisotopic (exact) mass is 265 g/mol. The van der Waals surface area contributed by atoms with Gasteiger partial charge in [0.25, 0.3) is 0 Å². The Morgan fingerprint density at radius 2 is 2.21 bits per heavy atom. The summed E-state index contributed by atoms with van der Waals surface area (Å²) in [5.74, 6) is 5.80. The average Bonchev–Trinajstić information content (AvgIpc) is 2.81. The minimum Gasteiger partial charge on any atom is -0.361 e. The molecule has 0 aliphatic carbocycles. The van der Waals surface area contributed by atoms with Crippen LogP contribution in [0.4, 0.5) is 17.3 Å². The Labute approximate surface area is 107 Å². The quantitative estimate of drug-likeness (QED) is 0.401. The summed E-state index contributed by atoms with van der Waals surface area (Å²) in [6.45, 7) is 1.99. The van der Waals surface area contributed by atoms with Crippen LogP contribution in [0.5, 0.6) is 0 Å². The van der Waals surface area contributed by atoms with Crippen LogP contribution in [0.3, 0.4) is 0 Å². The Kier molecular flexibility index (Phi) is 3.52. The summed E-state index contributed by atoms with van der Waals surface area (Å²) in [7, 11) is 0. The van der Waals surface area contributed by atoms with Crippen molar-refractivity contribution >= 4 is 17.3 Å². The van der Waals surface area contributed by atoms with E-state index in [0.29, 0.717) is 11.5 Å². The topological polar surface area (TPSA) is 145 Å². The molecular weight excluding hydrogens is 254 g/mol. The number of nitro groups is 1. The maximum Gasteiger partial charge on any atom is 0.354 e. The summed E-state index contributed by atoms with van der Waals surface area (Å²) in [6.07, 6.45) is 1.17. The largest absolute Gasteiger partial charge is 0.361 e. The third-order valence-corrected chi connectivity index (χ3v) is 2.26. The number of aryl methyl sites for hydroxylation is 1. The Balaban J connectivity index is 2.22. The molecule has 0 atom stereocenters. The first kappa shape index (κ1) is 12.7. The molecule has 0 fully saturated rings. The molecule has 0 saturated heterocycles. The van der Waals surface area contributed by atoms with Gasteiger partial charge in [-0.2, -0.15) is 0 Å². The van der Waals surface area contributed by atoms with E-state index in [-0.39, 0.29) is 23.9 Å². The molecule has 0 bridgehead atoms. The van der Waals surface area contributed by atoms with Gasteiger partial charge in [0.15, 0.2) is 0 Å². The molecule has 10 nitrogen and oxygen atoms in total. The van der Waals surface area contributed by atoms with E-state index in [4.69, 9.17) is 10.4 Å². The number of nitrogens with zero attached hydrogens (tertiary/aromatic N) is 4. The van der Waals surface area contributed by atoms with Crippen LogP contribution >= 0.6 is 0 Å². The number of hydrogen-bond donors (Lipinski definition) is 3. The van der Waals surface area contributed by atoms with Gasteiger partial charge >= 0.3 is 5.69 Å². The van der Waals surface area contributed by atoms with Crippen molar-refractivity contribution in [3.8, 4) is 0 Å². The number of anilines is 2. The van der Waals surface area contributed by atoms with Gasteiger partial charge in [0.1, 0.15) is 17.8 Å². The molecular formula is C9H11N7O3. The molecule has 0 spiro atoms. The lowest BCUT2D eigenvalue weighted by atomic mass is 10.3. The van der Waals surface area contributed by atoms with E-state index in [1.54, 1.807) is 13.0 Å². The predicted molar refractivity (Wildman–Crippen MR) is 65.1 cm³/mol. The van der Waals surface area contributed by atoms with E-state index < -0.39 is 4.92 Å². The summed E-state index contributed by atoms with van der Waals surface area (Å²) in [6, 6.07) is 1.71. The summed E-state index contributed by atoms with van der Waals surface area (Å²) in [4.78, 5) is 17.8. The van der Waals surface area contributed by atoms with E-state index >= 15 is 0 Å². The standard InChI is InChI=1S/C9H11N7O3/c1-5-2-6(15-19-5)3-11-8-7(16(17)18)9(14-10)13-4-12-8/h2,4H,3,10H2,1H3,(H2,11,12,13,14). The molecule has 0 aliphatic rings. The molecule has 2 rings (SSSR count). The second kappa shape index (κ2) is 5.27. The van der Waals surface area contributed by atoms with E-state index in [2.05, 4.69) is 25.9 Å². The van der Waals surface area contributed by atoms with Gasteiger partial charge in [0.2, 0.25) is 11.6 Å². The number of hydrazine groups is 1. The van der Waals surface area contributed by atoms with Crippen LogP contribution in [0, 0.1) is 17.0 Å². The number of nitrogen functional groups attached to an aromatic ring is 1.